The maximum atomic E-state index is 12.0. The van der Waals surface area contributed by atoms with E-state index in [1.807, 2.05) is 74.5 Å². The van der Waals surface area contributed by atoms with Crippen LogP contribution in [-0.2, 0) is 19.4 Å². The van der Waals surface area contributed by atoms with Gasteiger partial charge in [-0.3, -0.25) is 9.29 Å². The fraction of sp³-hybridized carbons (Fsp3) is 0.609. The van der Waals surface area contributed by atoms with Gasteiger partial charge in [0.05, 0.1) is 23.1 Å². The molecule has 75 heavy (non-hydrogen) atoms. The lowest BCUT2D eigenvalue weighted by atomic mass is 9.80. The Morgan fingerprint density at radius 1 is 0.840 bits per heavy atom. The maximum Gasteiger partial charge on any atom is 0.0938 e. The molecule has 6 heteroatoms. The van der Waals surface area contributed by atoms with Crippen LogP contribution in [0.1, 0.15) is 214 Å². The molecule has 0 spiro atoms. The second-order valence-corrected chi connectivity index (χ2v) is 20.1. The van der Waals surface area contributed by atoms with Gasteiger partial charge in [-0.15, -0.1) is 37.3 Å². The first-order valence-corrected chi connectivity index (χ1v) is 30.1. The van der Waals surface area contributed by atoms with Crippen LogP contribution in [0, 0.1) is 30.1 Å². The minimum absolute atomic E-state index is 0.184. The second kappa shape index (κ2) is 53.4. The van der Waals surface area contributed by atoms with Crippen molar-refractivity contribution in [3.63, 3.8) is 0 Å². The van der Waals surface area contributed by atoms with Gasteiger partial charge in [-0.25, -0.2) is 4.98 Å². The molecule has 1 aliphatic heterocycles. The first-order chi connectivity index (χ1) is 35.8. The van der Waals surface area contributed by atoms with Crippen molar-refractivity contribution in [1.82, 2.24) is 19.4 Å². The molecule has 3 heterocycles. The summed E-state index contributed by atoms with van der Waals surface area (Å²) in [6, 6.07) is 7.35. The predicted molar refractivity (Wildman–Crippen MR) is 351 cm³/mol. The smallest absolute Gasteiger partial charge is 0.0938 e. The average molecular weight is 1060 g/mol. The van der Waals surface area contributed by atoms with Gasteiger partial charge in [0.15, 0.2) is 0 Å². The zero-order valence-electron chi connectivity index (χ0n) is 53.8. The zero-order chi connectivity index (χ0) is 59.7. The Hall–Kier alpha value is -4.02. The maximum absolute atomic E-state index is 12.0. The number of hydrogen-bond acceptors (Lipinski definition) is 4. The molecule has 1 saturated heterocycles. The largest absolute Gasteiger partial charge is 0.341 e. The number of piperazine rings is 1. The van der Waals surface area contributed by atoms with E-state index in [2.05, 4.69) is 193 Å². The van der Waals surface area contributed by atoms with Crippen LogP contribution >= 0.6 is 11.3 Å². The standard InChI is InChI=1S/C36H48N2S.C9H19FN2.C6H14.C5H10.C3H6.4C2H6.C2H2/c1-12-15-16-29(27(9)25(6)7)35-31(22-36(10,11)19-13-2)30-21-28(17-18-33(30)38(35)14-3)32-23-39-34(37-32)20-26(8)24(4)5;1-9(3-4-10)12-7-5-11(2)6-8-12;1-3-5-6-4-2;1-4-5(2)3;1-3-2;5*1-2/h12,15-18,21,23,26H,1,4,6,13-14,19-20,22H2,2-3,5,7-11H3;9H,3-8H2,1-2H3;3-6H2,1-2H3;4-5H,1H2,2-3H3;3H,1H2,2H3;4*1-2H3;1-2H/b16-15-,29-27?;;;;;;;;;. The lowest BCUT2D eigenvalue weighted by molar-refractivity contribution is 0.111. The van der Waals surface area contributed by atoms with Crippen molar-refractivity contribution in [2.45, 2.75) is 223 Å². The highest BCUT2D eigenvalue weighted by atomic mass is 32.1. The lowest BCUT2D eigenvalue weighted by Crippen LogP contribution is -2.48. The number of halogens is 1. The normalized spacial score (nSPS) is 12.8. The highest BCUT2D eigenvalue weighted by Gasteiger charge is 2.27. The van der Waals surface area contributed by atoms with Gasteiger partial charge in [0.2, 0.25) is 0 Å². The topological polar surface area (TPSA) is 24.3 Å². The monoisotopic (exact) mass is 1060 g/mol. The highest BCUT2D eigenvalue weighted by Crippen LogP contribution is 2.41. The summed E-state index contributed by atoms with van der Waals surface area (Å²) in [4.78, 5) is 9.74. The van der Waals surface area contributed by atoms with Crippen molar-refractivity contribution in [2.24, 2.45) is 17.3 Å². The molecule has 3 aromatic rings. The van der Waals surface area contributed by atoms with E-state index in [1.165, 1.54) is 88.0 Å². The van der Waals surface area contributed by atoms with Crippen molar-refractivity contribution in [3.05, 3.63) is 120 Å². The number of aromatic nitrogens is 2. The first kappa shape index (κ1) is 82.3. The number of unbranched alkanes of at least 4 members (excludes halogenated alkanes) is 3. The van der Waals surface area contributed by atoms with E-state index in [-0.39, 0.29) is 12.1 Å². The summed E-state index contributed by atoms with van der Waals surface area (Å²) in [5, 5.41) is 4.72. The predicted octanol–water partition coefficient (Wildman–Crippen LogP) is 21.9. The molecule has 1 fully saturated rings. The fourth-order valence-corrected chi connectivity index (χ4v) is 8.43. The van der Waals surface area contributed by atoms with Crippen LogP contribution < -0.4 is 0 Å². The Bertz CT molecular complexity index is 1940. The van der Waals surface area contributed by atoms with E-state index in [9.17, 15) is 4.39 Å². The van der Waals surface area contributed by atoms with Gasteiger partial charge in [-0.05, 0) is 108 Å². The third-order valence-corrected chi connectivity index (χ3v) is 12.9. The van der Waals surface area contributed by atoms with Crippen molar-refractivity contribution in [2.75, 3.05) is 39.9 Å². The molecule has 1 aliphatic rings. The summed E-state index contributed by atoms with van der Waals surface area (Å²) < 4.78 is 14.5. The van der Waals surface area contributed by atoms with Crippen molar-refractivity contribution >= 4 is 27.8 Å². The Kier molecular flexibility index (Phi) is 58.6. The van der Waals surface area contributed by atoms with Gasteiger partial charge in [0.25, 0.3) is 0 Å². The van der Waals surface area contributed by atoms with E-state index in [1.54, 1.807) is 17.4 Å². The van der Waals surface area contributed by atoms with Crippen LogP contribution in [-0.4, -0.2) is 65.3 Å². The molecular formula is C69H123FN4S. The summed E-state index contributed by atoms with van der Waals surface area (Å²) >= 11 is 1.76. The van der Waals surface area contributed by atoms with E-state index in [4.69, 9.17) is 4.98 Å². The number of benzene rings is 1. The minimum atomic E-state index is -0.187. The van der Waals surface area contributed by atoms with Crippen molar-refractivity contribution in [3.8, 4) is 24.1 Å². The quantitative estimate of drug-likeness (QED) is 0.0488. The zero-order valence-corrected chi connectivity index (χ0v) is 54.6. The van der Waals surface area contributed by atoms with Crippen LogP contribution in [0.5, 0.6) is 0 Å². The first-order valence-electron chi connectivity index (χ1n) is 29.2. The Morgan fingerprint density at radius 2 is 1.35 bits per heavy atom. The number of aryl methyl sites for hydroxylation is 1. The molecule has 432 valence electrons. The summed E-state index contributed by atoms with van der Waals surface area (Å²) in [5.74, 6) is 1.08. The molecule has 0 amide bonds. The molecule has 2 atom stereocenters. The number of terminal acetylenes is 1. The molecular weight excluding hydrogens is 936 g/mol. The minimum Gasteiger partial charge on any atom is -0.341 e. The molecule has 2 aromatic heterocycles. The molecule has 2 unspecified atom stereocenters. The van der Waals surface area contributed by atoms with Crippen LogP contribution in [0.4, 0.5) is 4.39 Å². The summed E-state index contributed by atoms with van der Waals surface area (Å²) in [6.07, 6.45) is 28.3. The number of nitrogens with zero attached hydrogens (tertiary/aromatic N) is 4. The molecule has 0 saturated carbocycles. The highest BCUT2D eigenvalue weighted by molar-refractivity contribution is 7.09. The summed E-state index contributed by atoms with van der Waals surface area (Å²) in [6.45, 7) is 71.1. The number of rotatable bonds is 20. The van der Waals surface area contributed by atoms with Crippen LogP contribution in [0.15, 0.2) is 104 Å². The number of fused-ring (bicyclic) bond motifs is 1. The number of hydrogen-bond donors (Lipinski definition) is 0. The third-order valence-electron chi connectivity index (χ3n) is 12.1. The number of allylic oxidation sites excluding steroid dienone is 9. The van der Waals surface area contributed by atoms with Gasteiger partial charge in [-0.1, -0.05) is 210 Å². The second-order valence-electron chi connectivity index (χ2n) is 19.1. The van der Waals surface area contributed by atoms with Crippen molar-refractivity contribution in [1.29, 1.82) is 0 Å². The van der Waals surface area contributed by atoms with Crippen LogP contribution in [0.3, 0.4) is 0 Å². The third kappa shape index (κ3) is 35.8. The van der Waals surface area contributed by atoms with Crippen LogP contribution in [0.2, 0.25) is 0 Å². The van der Waals surface area contributed by atoms with Gasteiger partial charge in [0, 0.05) is 72.6 Å². The molecule has 1 aromatic carbocycles. The van der Waals surface area contributed by atoms with E-state index in [0.29, 0.717) is 24.3 Å². The number of likely N-dealkylation sites (N-methyl/N-ethyl adjacent to an activating group) is 1. The molecule has 4 rings (SSSR count). The van der Waals surface area contributed by atoms with Gasteiger partial charge < -0.3 is 9.47 Å². The fourth-order valence-electron chi connectivity index (χ4n) is 7.49. The molecule has 0 radical (unpaired) electrons. The van der Waals surface area contributed by atoms with Crippen molar-refractivity contribution < 1.29 is 4.39 Å². The van der Waals surface area contributed by atoms with Gasteiger partial charge >= 0.3 is 0 Å². The SMILES string of the molecule is C#C.C=C/C=C\C(=C(C)C(=C)C)c1c(CC(C)(C)CCC)c2cc(-c3csc(CC(C)C(=C)C)n3)ccc2n1CC.C=CC.C=CC(C)C.CC.CC.CC.CC.CC(CCF)N1CCN(C)CC1.CCCCCC. The van der Waals surface area contributed by atoms with E-state index >= 15 is 0 Å². The average Bonchev–Trinajstić information content (AvgIpc) is 4.01. The lowest BCUT2D eigenvalue weighted by Gasteiger charge is -2.36. The molecule has 0 aliphatic carbocycles. The van der Waals surface area contributed by atoms with E-state index in [0.717, 1.165) is 56.8 Å². The van der Waals surface area contributed by atoms with Gasteiger partial charge in [-0.2, -0.15) is 0 Å². The number of thiazole rings is 1. The summed E-state index contributed by atoms with van der Waals surface area (Å²) in [7, 11) is 2.14. The van der Waals surface area contributed by atoms with Gasteiger partial charge in [0.1, 0.15) is 0 Å². The summed E-state index contributed by atoms with van der Waals surface area (Å²) in [5.41, 5.74) is 11.2. The Morgan fingerprint density at radius 3 is 1.75 bits per heavy atom. The van der Waals surface area contributed by atoms with Crippen LogP contribution in [0.25, 0.3) is 27.7 Å². The molecule has 0 N–H and O–H groups in total. The Balaban J connectivity index is -0.000000268. The van der Waals surface area contributed by atoms with E-state index < -0.39 is 0 Å². The Labute approximate surface area is 473 Å². The number of alkyl halides is 1. The molecule has 0 bridgehead atoms. The molecule has 4 nitrogen and oxygen atoms in total.